The average molecular weight is 320 g/mol. The van der Waals surface area contributed by atoms with Crippen molar-refractivity contribution in [3.05, 3.63) is 48.2 Å². The van der Waals surface area contributed by atoms with Gasteiger partial charge in [0, 0.05) is 29.6 Å². The number of hydrogen-bond acceptors (Lipinski definition) is 3. The molecule has 0 spiro atoms. The van der Waals surface area contributed by atoms with E-state index in [-0.39, 0.29) is 5.54 Å². The molecule has 4 heteroatoms. The Hall–Kier alpha value is -2.33. The molecule has 1 aliphatic rings. The monoisotopic (exact) mass is 320 g/mol. The molecule has 1 saturated heterocycles. The maximum absolute atomic E-state index is 6.21. The summed E-state index contributed by atoms with van der Waals surface area (Å²) in [6.45, 7) is 6.31. The van der Waals surface area contributed by atoms with Gasteiger partial charge in [-0.05, 0) is 43.9 Å². The normalized spacial score (nSPS) is 15.4. The minimum Gasteiger partial charge on any atom is -0.370 e. The highest BCUT2D eigenvalue weighted by molar-refractivity contribution is 6.00. The van der Waals surface area contributed by atoms with Crippen molar-refractivity contribution in [3.63, 3.8) is 0 Å². The molecule has 24 heavy (non-hydrogen) atoms. The number of nitrogens with one attached hydrogen (secondary N) is 1. The molecule has 124 valence electrons. The molecular formula is C20H24N4. The van der Waals surface area contributed by atoms with E-state index in [2.05, 4.69) is 51.5 Å². The standard InChI is InChI=1S/C20H24N4/c1-20(2,21)15-7-5-14(6-8-15)16-9-10-18-17(13-22-23-18)19(16)24-11-3-4-12-24/h5-10,13H,3-4,11-12,21H2,1-2H3,(H,22,23). The van der Waals surface area contributed by atoms with E-state index < -0.39 is 0 Å². The second-order valence-electron chi connectivity index (χ2n) is 7.29. The zero-order valence-electron chi connectivity index (χ0n) is 14.3. The smallest absolute Gasteiger partial charge is 0.0671 e. The number of nitrogens with two attached hydrogens (primary N) is 1. The lowest BCUT2D eigenvalue weighted by atomic mass is 9.92. The van der Waals surface area contributed by atoms with Crippen molar-refractivity contribution >= 4 is 16.6 Å². The average Bonchev–Trinajstić information content (AvgIpc) is 3.24. The van der Waals surface area contributed by atoms with E-state index in [1.807, 2.05) is 20.0 Å². The Bertz CT molecular complexity index is 849. The Labute approximate surface area is 142 Å². The molecule has 4 rings (SSSR count). The van der Waals surface area contributed by atoms with Gasteiger partial charge in [0.05, 0.1) is 17.4 Å². The molecule has 2 heterocycles. The van der Waals surface area contributed by atoms with Crippen LogP contribution in [0.1, 0.15) is 32.3 Å². The largest absolute Gasteiger partial charge is 0.370 e. The molecule has 4 nitrogen and oxygen atoms in total. The summed E-state index contributed by atoms with van der Waals surface area (Å²) in [4.78, 5) is 2.49. The number of benzene rings is 2. The van der Waals surface area contributed by atoms with Gasteiger partial charge >= 0.3 is 0 Å². The third-order valence-electron chi connectivity index (χ3n) is 4.96. The fourth-order valence-corrected chi connectivity index (χ4v) is 3.60. The molecule has 0 aliphatic carbocycles. The van der Waals surface area contributed by atoms with Gasteiger partial charge in [-0.3, -0.25) is 5.10 Å². The first-order chi connectivity index (χ1) is 11.5. The van der Waals surface area contributed by atoms with Crippen LogP contribution in [-0.2, 0) is 5.54 Å². The highest BCUT2D eigenvalue weighted by Crippen LogP contribution is 2.38. The van der Waals surface area contributed by atoms with Crippen molar-refractivity contribution in [1.29, 1.82) is 0 Å². The van der Waals surface area contributed by atoms with Crippen molar-refractivity contribution in [2.24, 2.45) is 5.73 Å². The minimum atomic E-state index is -0.315. The number of fused-ring (bicyclic) bond motifs is 1. The third-order valence-corrected chi connectivity index (χ3v) is 4.96. The summed E-state index contributed by atoms with van der Waals surface area (Å²) in [5.74, 6) is 0. The lowest BCUT2D eigenvalue weighted by Crippen LogP contribution is -2.28. The van der Waals surface area contributed by atoms with Crippen LogP contribution in [0.25, 0.3) is 22.0 Å². The van der Waals surface area contributed by atoms with Crippen molar-refractivity contribution < 1.29 is 0 Å². The van der Waals surface area contributed by atoms with Gasteiger partial charge in [0.25, 0.3) is 0 Å². The first-order valence-electron chi connectivity index (χ1n) is 8.65. The number of hydrogen-bond donors (Lipinski definition) is 2. The van der Waals surface area contributed by atoms with Crippen molar-refractivity contribution in [1.82, 2.24) is 10.2 Å². The fourth-order valence-electron chi connectivity index (χ4n) is 3.60. The zero-order chi connectivity index (χ0) is 16.7. The molecule has 3 N–H and O–H groups in total. The van der Waals surface area contributed by atoms with Crippen molar-refractivity contribution in [3.8, 4) is 11.1 Å². The Morgan fingerprint density at radius 1 is 1.04 bits per heavy atom. The lowest BCUT2D eigenvalue weighted by Gasteiger charge is -2.23. The molecule has 1 fully saturated rings. The van der Waals surface area contributed by atoms with Gasteiger partial charge in [0.15, 0.2) is 0 Å². The van der Waals surface area contributed by atoms with Crippen molar-refractivity contribution in [2.75, 3.05) is 18.0 Å². The van der Waals surface area contributed by atoms with Crippen LogP contribution in [0.5, 0.6) is 0 Å². The molecule has 0 bridgehead atoms. The van der Waals surface area contributed by atoms with Crippen LogP contribution in [0, 0.1) is 0 Å². The van der Waals surface area contributed by atoms with Crippen LogP contribution < -0.4 is 10.6 Å². The van der Waals surface area contributed by atoms with Gasteiger partial charge in [-0.2, -0.15) is 5.10 Å². The highest BCUT2D eigenvalue weighted by atomic mass is 15.2. The number of H-pyrrole nitrogens is 1. The van der Waals surface area contributed by atoms with E-state index in [1.54, 1.807) is 0 Å². The third kappa shape index (κ3) is 2.57. The summed E-state index contributed by atoms with van der Waals surface area (Å²) in [7, 11) is 0. The predicted octanol–water partition coefficient (Wildman–Crippen LogP) is 4.02. The number of rotatable bonds is 3. The molecular weight excluding hydrogens is 296 g/mol. The molecule has 0 radical (unpaired) electrons. The van der Waals surface area contributed by atoms with Crippen LogP contribution in [0.2, 0.25) is 0 Å². The molecule has 1 aliphatic heterocycles. The number of nitrogens with zero attached hydrogens (tertiary/aromatic N) is 2. The van der Waals surface area contributed by atoms with Gasteiger partial charge in [-0.1, -0.05) is 30.3 Å². The molecule has 0 atom stereocenters. The van der Waals surface area contributed by atoms with E-state index >= 15 is 0 Å². The van der Waals surface area contributed by atoms with E-state index in [9.17, 15) is 0 Å². The molecule has 0 amide bonds. The van der Waals surface area contributed by atoms with Crippen LogP contribution in [0.15, 0.2) is 42.6 Å². The second kappa shape index (κ2) is 5.64. The molecule has 2 aromatic carbocycles. The van der Waals surface area contributed by atoms with Crippen LogP contribution in [-0.4, -0.2) is 23.3 Å². The number of aromatic amines is 1. The topological polar surface area (TPSA) is 57.9 Å². The first-order valence-corrected chi connectivity index (χ1v) is 8.65. The van der Waals surface area contributed by atoms with Crippen LogP contribution in [0.3, 0.4) is 0 Å². The summed E-state index contributed by atoms with van der Waals surface area (Å²) < 4.78 is 0. The maximum atomic E-state index is 6.21. The minimum absolute atomic E-state index is 0.315. The molecule has 0 unspecified atom stereocenters. The SMILES string of the molecule is CC(C)(N)c1ccc(-c2ccc3[nH]ncc3c2N2CCCC2)cc1. The summed E-state index contributed by atoms with van der Waals surface area (Å²) in [5.41, 5.74) is 12.0. The Morgan fingerprint density at radius 3 is 2.42 bits per heavy atom. The van der Waals surface area contributed by atoms with Gasteiger partial charge in [0.2, 0.25) is 0 Å². The fraction of sp³-hybridized carbons (Fsp3) is 0.350. The number of aromatic nitrogens is 2. The molecule has 0 saturated carbocycles. The quantitative estimate of drug-likeness (QED) is 0.766. The van der Waals surface area contributed by atoms with Crippen molar-refractivity contribution in [2.45, 2.75) is 32.2 Å². The second-order valence-corrected chi connectivity index (χ2v) is 7.29. The Morgan fingerprint density at radius 2 is 1.75 bits per heavy atom. The maximum Gasteiger partial charge on any atom is 0.0671 e. The molecule has 3 aromatic rings. The van der Waals surface area contributed by atoms with Gasteiger partial charge in [-0.25, -0.2) is 0 Å². The first kappa shape index (κ1) is 15.2. The van der Waals surface area contributed by atoms with Crippen LogP contribution in [0.4, 0.5) is 5.69 Å². The summed E-state index contributed by atoms with van der Waals surface area (Å²) in [6.07, 6.45) is 4.46. The Balaban J connectivity index is 1.85. The summed E-state index contributed by atoms with van der Waals surface area (Å²) in [6, 6.07) is 13.0. The van der Waals surface area contributed by atoms with Gasteiger partial charge in [0.1, 0.15) is 0 Å². The Kier molecular flexibility index (Phi) is 3.57. The van der Waals surface area contributed by atoms with E-state index in [4.69, 9.17) is 5.73 Å². The summed E-state index contributed by atoms with van der Waals surface area (Å²) >= 11 is 0. The van der Waals surface area contributed by atoms with E-state index in [0.29, 0.717) is 0 Å². The van der Waals surface area contributed by atoms with Gasteiger partial charge < -0.3 is 10.6 Å². The van der Waals surface area contributed by atoms with E-state index in [1.165, 1.54) is 35.0 Å². The van der Waals surface area contributed by atoms with Crippen LogP contribution >= 0.6 is 0 Å². The number of anilines is 1. The lowest BCUT2D eigenvalue weighted by molar-refractivity contribution is 0.554. The zero-order valence-corrected chi connectivity index (χ0v) is 14.3. The highest BCUT2D eigenvalue weighted by Gasteiger charge is 2.21. The molecule has 1 aromatic heterocycles. The van der Waals surface area contributed by atoms with E-state index in [0.717, 1.165) is 24.2 Å². The summed E-state index contributed by atoms with van der Waals surface area (Å²) in [5, 5.41) is 8.55. The predicted molar refractivity (Wildman–Crippen MR) is 100 cm³/mol. The van der Waals surface area contributed by atoms with Gasteiger partial charge in [-0.15, -0.1) is 0 Å².